The Kier molecular flexibility index (Phi) is 3.68. The molecule has 1 heterocycles. The number of alkyl halides is 1. The molecule has 0 saturated carbocycles. The zero-order valence-corrected chi connectivity index (χ0v) is 10.7. The molecule has 1 aliphatic rings. The molecule has 1 aliphatic heterocycles. The highest BCUT2D eigenvalue weighted by molar-refractivity contribution is 9.09. The van der Waals surface area contributed by atoms with E-state index in [-0.39, 0.29) is 0 Å². The molecule has 1 aromatic carbocycles. The number of hydrogen-bond donors (Lipinski definition) is 0. The van der Waals surface area contributed by atoms with Gasteiger partial charge in [0.15, 0.2) is 0 Å². The van der Waals surface area contributed by atoms with Crippen LogP contribution >= 0.6 is 15.9 Å². The lowest BCUT2D eigenvalue weighted by molar-refractivity contribution is 0.285. The van der Waals surface area contributed by atoms with Gasteiger partial charge in [-0.15, -0.1) is 0 Å². The fourth-order valence-corrected chi connectivity index (χ4v) is 2.24. The number of rotatable bonds is 3. The molecule has 82 valence electrons. The van der Waals surface area contributed by atoms with Gasteiger partial charge in [-0.05, 0) is 36.8 Å². The number of aryl methyl sites for hydroxylation is 2. The van der Waals surface area contributed by atoms with Crippen LogP contribution in [0.3, 0.4) is 0 Å². The van der Waals surface area contributed by atoms with Crippen LogP contribution in [0, 0.1) is 0 Å². The standard InChI is InChI=1S/C13H17BrO/c1-10(14)7-8-12-5-2-4-11-6-3-9-15-13(11)12/h2,4-5,10H,3,6-9H2,1H3. The number of benzene rings is 1. The summed E-state index contributed by atoms with van der Waals surface area (Å²) in [6, 6.07) is 6.54. The van der Waals surface area contributed by atoms with E-state index in [4.69, 9.17) is 4.74 Å². The Hall–Kier alpha value is -0.500. The van der Waals surface area contributed by atoms with E-state index in [1.54, 1.807) is 0 Å². The lowest BCUT2D eigenvalue weighted by Crippen LogP contribution is -2.10. The van der Waals surface area contributed by atoms with Crippen LogP contribution in [0.1, 0.15) is 30.9 Å². The van der Waals surface area contributed by atoms with Gasteiger partial charge >= 0.3 is 0 Å². The van der Waals surface area contributed by atoms with Gasteiger partial charge in [-0.25, -0.2) is 0 Å². The molecule has 0 fully saturated rings. The Morgan fingerprint density at radius 1 is 1.47 bits per heavy atom. The van der Waals surface area contributed by atoms with Crippen molar-refractivity contribution in [1.82, 2.24) is 0 Å². The van der Waals surface area contributed by atoms with Crippen molar-refractivity contribution in [2.75, 3.05) is 6.61 Å². The summed E-state index contributed by atoms with van der Waals surface area (Å²) < 4.78 is 5.77. The Morgan fingerprint density at radius 2 is 2.33 bits per heavy atom. The predicted molar refractivity (Wildman–Crippen MR) is 67.0 cm³/mol. The highest BCUT2D eigenvalue weighted by atomic mass is 79.9. The summed E-state index contributed by atoms with van der Waals surface area (Å²) in [5, 5.41) is 0. The second kappa shape index (κ2) is 5.02. The second-order valence-corrected chi connectivity index (χ2v) is 5.74. The van der Waals surface area contributed by atoms with Crippen LogP contribution in [-0.4, -0.2) is 11.4 Å². The van der Waals surface area contributed by atoms with Crippen molar-refractivity contribution in [2.24, 2.45) is 0 Å². The van der Waals surface area contributed by atoms with Crippen molar-refractivity contribution in [3.8, 4) is 5.75 Å². The van der Waals surface area contributed by atoms with Crippen LogP contribution in [0.2, 0.25) is 0 Å². The van der Waals surface area contributed by atoms with E-state index in [2.05, 4.69) is 41.1 Å². The van der Waals surface area contributed by atoms with E-state index in [1.807, 2.05) is 0 Å². The summed E-state index contributed by atoms with van der Waals surface area (Å²) >= 11 is 3.59. The molecule has 1 atom stereocenters. The lowest BCUT2D eigenvalue weighted by atomic mass is 9.99. The molecule has 0 aliphatic carbocycles. The lowest BCUT2D eigenvalue weighted by Gasteiger charge is -2.20. The number of halogens is 1. The fraction of sp³-hybridized carbons (Fsp3) is 0.538. The number of hydrogen-bond acceptors (Lipinski definition) is 1. The molecule has 0 aromatic heterocycles. The van der Waals surface area contributed by atoms with Crippen molar-refractivity contribution >= 4 is 15.9 Å². The molecule has 15 heavy (non-hydrogen) atoms. The second-order valence-electron chi connectivity index (χ2n) is 4.18. The minimum Gasteiger partial charge on any atom is -0.493 e. The van der Waals surface area contributed by atoms with E-state index < -0.39 is 0 Å². The first-order valence-electron chi connectivity index (χ1n) is 5.65. The summed E-state index contributed by atoms with van der Waals surface area (Å²) in [5.41, 5.74) is 2.76. The average Bonchev–Trinajstić information content (AvgIpc) is 2.26. The Bertz CT molecular complexity index is 333. The summed E-state index contributed by atoms with van der Waals surface area (Å²) in [4.78, 5) is 0.581. The van der Waals surface area contributed by atoms with Crippen molar-refractivity contribution < 1.29 is 4.74 Å². The minimum absolute atomic E-state index is 0.581. The van der Waals surface area contributed by atoms with Crippen LogP contribution < -0.4 is 4.74 Å². The van der Waals surface area contributed by atoms with E-state index in [0.717, 1.165) is 25.2 Å². The number of ether oxygens (including phenoxy) is 1. The van der Waals surface area contributed by atoms with E-state index in [9.17, 15) is 0 Å². The van der Waals surface area contributed by atoms with E-state index in [1.165, 1.54) is 24.0 Å². The third-order valence-electron chi connectivity index (χ3n) is 2.83. The zero-order valence-electron chi connectivity index (χ0n) is 9.13. The molecule has 2 heteroatoms. The van der Waals surface area contributed by atoms with Crippen LogP contribution in [0.15, 0.2) is 18.2 Å². The smallest absolute Gasteiger partial charge is 0.125 e. The first kappa shape index (κ1) is 11.0. The quantitative estimate of drug-likeness (QED) is 0.760. The fourth-order valence-electron chi connectivity index (χ4n) is 2.01. The molecule has 0 spiro atoms. The maximum atomic E-state index is 5.77. The van der Waals surface area contributed by atoms with Crippen LogP contribution in [0.5, 0.6) is 5.75 Å². The van der Waals surface area contributed by atoms with Crippen LogP contribution in [-0.2, 0) is 12.8 Å². The van der Waals surface area contributed by atoms with Gasteiger partial charge in [-0.3, -0.25) is 0 Å². The normalized spacial score (nSPS) is 16.7. The summed E-state index contributed by atoms with van der Waals surface area (Å²) in [5.74, 6) is 1.16. The summed E-state index contributed by atoms with van der Waals surface area (Å²) in [7, 11) is 0. The molecule has 0 radical (unpaired) electrons. The first-order valence-corrected chi connectivity index (χ1v) is 6.56. The van der Waals surface area contributed by atoms with Gasteiger partial charge in [0, 0.05) is 4.83 Å². The topological polar surface area (TPSA) is 9.23 Å². The third-order valence-corrected chi connectivity index (χ3v) is 3.28. The number of fused-ring (bicyclic) bond motifs is 1. The Morgan fingerprint density at radius 3 is 3.13 bits per heavy atom. The van der Waals surface area contributed by atoms with Gasteiger partial charge in [-0.2, -0.15) is 0 Å². The van der Waals surface area contributed by atoms with Crippen LogP contribution in [0.25, 0.3) is 0 Å². The number of para-hydroxylation sites is 1. The Balaban J connectivity index is 2.16. The van der Waals surface area contributed by atoms with Crippen molar-refractivity contribution in [3.05, 3.63) is 29.3 Å². The molecule has 0 N–H and O–H groups in total. The highest BCUT2D eigenvalue weighted by Crippen LogP contribution is 2.30. The van der Waals surface area contributed by atoms with Gasteiger partial charge in [0.25, 0.3) is 0 Å². The minimum atomic E-state index is 0.581. The molecule has 1 unspecified atom stereocenters. The molecular formula is C13H17BrO. The summed E-state index contributed by atoms with van der Waals surface area (Å²) in [6.45, 7) is 3.07. The highest BCUT2D eigenvalue weighted by Gasteiger charge is 2.14. The third kappa shape index (κ3) is 2.75. The molecule has 2 rings (SSSR count). The maximum absolute atomic E-state index is 5.77. The molecule has 1 nitrogen and oxygen atoms in total. The molecule has 0 amide bonds. The average molecular weight is 269 g/mol. The van der Waals surface area contributed by atoms with E-state index >= 15 is 0 Å². The molecular weight excluding hydrogens is 252 g/mol. The van der Waals surface area contributed by atoms with E-state index in [0.29, 0.717) is 4.83 Å². The predicted octanol–water partition coefficient (Wildman–Crippen LogP) is 3.73. The van der Waals surface area contributed by atoms with Gasteiger partial charge in [0.2, 0.25) is 0 Å². The van der Waals surface area contributed by atoms with Gasteiger partial charge < -0.3 is 4.74 Å². The molecule has 1 aromatic rings. The maximum Gasteiger partial charge on any atom is 0.125 e. The summed E-state index contributed by atoms with van der Waals surface area (Å²) in [6.07, 6.45) is 4.60. The Labute approximate surface area is 100.0 Å². The van der Waals surface area contributed by atoms with Crippen molar-refractivity contribution in [3.63, 3.8) is 0 Å². The SMILES string of the molecule is CC(Br)CCc1cccc2c1OCCC2. The first-order chi connectivity index (χ1) is 7.27. The van der Waals surface area contributed by atoms with Crippen LogP contribution in [0.4, 0.5) is 0 Å². The van der Waals surface area contributed by atoms with Crippen molar-refractivity contribution in [2.45, 2.75) is 37.4 Å². The molecule has 0 saturated heterocycles. The van der Waals surface area contributed by atoms with Crippen molar-refractivity contribution in [1.29, 1.82) is 0 Å². The largest absolute Gasteiger partial charge is 0.493 e. The van der Waals surface area contributed by atoms with Gasteiger partial charge in [0.05, 0.1) is 6.61 Å². The molecule has 0 bridgehead atoms. The van der Waals surface area contributed by atoms with Gasteiger partial charge in [-0.1, -0.05) is 41.1 Å². The zero-order chi connectivity index (χ0) is 10.7. The monoisotopic (exact) mass is 268 g/mol. The van der Waals surface area contributed by atoms with Gasteiger partial charge in [0.1, 0.15) is 5.75 Å².